The van der Waals surface area contributed by atoms with E-state index in [9.17, 15) is 0 Å². The lowest BCUT2D eigenvalue weighted by Crippen LogP contribution is -2.14. The molecular formula is C36H56. The van der Waals surface area contributed by atoms with Gasteiger partial charge in [0.1, 0.15) is 0 Å². The van der Waals surface area contributed by atoms with E-state index in [1.807, 2.05) is 0 Å². The Morgan fingerprint density at radius 2 is 0.833 bits per heavy atom. The van der Waals surface area contributed by atoms with Crippen LogP contribution in [0.15, 0.2) is 48.5 Å². The number of hydrogen-bond donors (Lipinski definition) is 0. The molecule has 2 aliphatic carbocycles. The molecule has 4 rings (SSSR count). The Labute approximate surface area is 224 Å². The molecule has 0 nitrogen and oxygen atoms in total. The summed E-state index contributed by atoms with van der Waals surface area (Å²) >= 11 is 0. The van der Waals surface area contributed by atoms with Crippen molar-refractivity contribution in [2.24, 2.45) is 11.8 Å². The van der Waals surface area contributed by atoms with Crippen LogP contribution in [0.25, 0.3) is 0 Å². The van der Waals surface area contributed by atoms with Crippen LogP contribution in [0.4, 0.5) is 0 Å². The van der Waals surface area contributed by atoms with E-state index in [0.717, 1.165) is 11.8 Å². The maximum absolute atomic E-state index is 2.34. The first kappa shape index (κ1) is 29.0. The van der Waals surface area contributed by atoms with Crippen LogP contribution in [0, 0.1) is 11.8 Å². The minimum atomic E-state index is 0.964. The number of rotatable bonds is 14. The summed E-state index contributed by atoms with van der Waals surface area (Å²) < 4.78 is 0. The van der Waals surface area contributed by atoms with E-state index in [1.165, 1.54) is 128 Å². The SMILES string of the molecule is CCCCCCCCC1CCc2ccccc2C1.CCCCCCCCC1CCc2ccccc2C1. The lowest BCUT2D eigenvalue weighted by Gasteiger charge is -2.24. The molecule has 0 spiro atoms. The highest BCUT2D eigenvalue weighted by atomic mass is 14.2. The number of unbranched alkanes of at least 4 members (excludes halogenated alkanes) is 10. The minimum Gasteiger partial charge on any atom is -0.0654 e. The summed E-state index contributed by atoms with van der Waals surface area (Å²) in [5.74, 6) is 1.93. The van der Waals surface area contributed by atoms with Crippen molar-refractivity contribution in [1.29, 1.82) is 0 Å². The van der Waals surface area contributed by atoms with E-state index in [1.54, 1.807) is 22.3 Å². The zero-order valence-corrected chi connectivity index (χ0v) is 23.9. The highest BCUT2D eigenvalue weighted by molar-refractivity contribution is 5.30. The maximum Gasteiger partial charge on any atom is -0.0248 e. The van der Waals surface area contributed by atoms with Gasteiger partial charge in [-0.15, -0.1) is 0 Å². The first-order valence-electron chi connectivity index (χ1n) is 15.9. The average molecular weight is 489 g/mol. The Kier molecular flexibility index (Phi) is 14.4. The summed E-state index contributed by atoms with van der Waals surface area (Å²) in [7, 11) is 0. The second kappa shape index (κ2) is 17.8. The van der Waals surface area contributed by atoms with Gasteiger partial charge in [-0.2, -0.15) is 0 Å². The molecule has 0 radical (unpaired) electrons. The Balaban J connectivity index is 0.000000201. The van der Waals surface area contributed by atoms with Gasteiger partial charge in [0.05, 0.1) is 0 Å². The second-order valence-corrected chi connectivity index (χ2v) is 11.9. The smallest absolute Gasteiger partial charge is 0.0248 e. The first-order chi connectivity index (χ1) is 17.8. The topological polar surface area (TPSA) is 0 Å². The zero-order valence-electron chi connectivity index (χ0n) is 23.9. The molecule has 0 heteroatoms. The van der Waals surface area contributed by atoms with Gasteiger partial charge in [0.25, 0.3) is 0 Å². The van der Waals surface area contributed by atoms with Gasteiger partial charge in [0.15, 0.2) is 0 Å². The molecule has 2 aromatic rings. The molecule has 2 unspecified atom stereocenters. The van der Waals surface area contributed by atoms with Crippen molar-refractivity contribution in [2.45, 2.75) is 142 Å². The van der Waals surface area contributed by atoms with E-state index < -0.39 is 0 Å². The molecule has 200 valence electrons. The van der Waals surface area contributed by atoms with Crippen LogP contribution in [-0.2, 0) is 25.7 Å². The van der Waals surface area contributed by atoms with Gasteiger partial charge in [-0.05, 0) is 72.6 Å². The summed E-state index contributed by atoms with van der Waals surface area (Å²) in [4.78, 5) is 0. The van der Waals surface area contributed by atoms with Crippen LogP contribution in [0.3, 0.4) is 0 Å². The molecule has 0 aliphatic heterocycles. The van der Waals surface area contributed by atoms with E-state index >= 15 is 0 Å². The fourth-order valence-electron chi connectivity index (χ4n) is 6.47. The van der Waals surface area contributed by atoms with Gasteiger partial charge in [0, 0.05) is 0 Å². The van der Waals surface area contributed by atoms with Gasteiger partial charge >= 0.3 is 0 Å². The average Bonchev–Trinajstić information content (AvgIpc) is 2.93. The normalized spacial score (nSPS) is 18.6. The molecule has 0 N–H and O–H groups in total. The maximum atomic E-state index is 2.34. The third kappa shape index (κ3) is 10.8. The second-order valence-electron chi connectivity index (χ2n) is 11.9. The van der Waals surface area contributed by atoms with E-state index in [4.69, 9.17) is 0 Å². The van der Waals surface area contributed by atoms with Gasteiger partial charge in [0.2, 0.25) is 0 Å². The Bertz CT molecular complexity index is 749. The third-order valence-electron chi connectivity index (χ3n) is 8.83. The molecule has 2 atom stereocenters. The zero-order chi connectivity index (χ0) is 25.3. The minimum absolute atomic E-state index is 0.964. The van der Waals surface area contributed by atoms with Crippen LogP contribution in [0.2, 0.25) is 0 Å². The summed E-state index contributed by atoms with van der Waals surface area (Å²) in [6.07, 6.45) is 28.3. The molecule has 36 heavy (non-hydrogen) atoms. The molecule has 2 aliphatic rings. The van der Waals surface area contributed by atoms with Crippen LogP contribution in [0.1, 0.15) is 139 Å². The summed E-state index contributed by atoms with van der Waals surface area (Å²) in [5, 5.41) is 0. The number of aryl methyl sites for hydroxylation is 2. The molecule has 0 fully saturated rings. The molecule has 0 saturated carbocycles. The van der Waals surface area contributed by atoms with Crippen molar-refractivity contribution in [2.75, 3.05) is 0 Å². The molecule has 0 saturated heterocycles. The van der Waals surface area contributed by atoms with Crippen molar-refractivity contribution in [3.63, 3.8) is 0 Å². The van der Waals surface area contributed by atoms with Crippen molar-refractivity contribution < 1.29 is 0 Å². The van der Waals surface area contributed by atoms with Gasteiger partial charge in [-0.1, -0.05) is 152 Å². The largest absolute Gasteiger partial charge is 0.0654 e. The van der Waals surface area contributed by atoms with Crippen molar-refractivity contribution >= 4 is 0 Å². The highest BCUT2D eigenvalue weighted by Gasteiger charge is 2.18. The molecule has 0 amide bonds. The van der Waals surface area contributed by atoms with Crippen LogP contribution >= 0.6 is 0 Å². The molecule has 0 aromatic heterocycles. The van der Waals surface area contributed by atoms with Gasteiger partial charge in [-0.3, -0.25) is 0 Å². The monoisotopic (exact) mass is 488 g/mol. The fraction of sp³-hybridized carbons (Fsp3) is 0.667. The van der Waals surface area contributed by atoms with Crippen LogP contribution in [0.5, 0.6) is 0 Å². The molecule has 0 heterocycles. The predicted molar refractivity (Wildman–Crippen MR) is 160 cm³/mol. The van der Waals surface area contributed by atoms with E-state index in [-0.39, 0.29) is 0 Å². The van der Waals surface area contributed by atoms with Crippen LogP contribution < -0.4 is 0 Å². The van der Waals surface area contributed by atoms with Gasteiger partial charge < -0.3 is 0 Å². The Hall–Kier alpha value is -1.56. The van der Waals surface area contributed by atoms with E-state index in [2.05, 4.69) is 62.4 Å². The van der Waals surface area contributed by atoms with Crippen molar-refractivity contribution in [1.82, 2.24) is 0 Å². The van der Waals surface area contributed by atoms with Crippen molar-refractivity contribution in [3.8, 4) is 0 Å². The fourth-order valence-corrected chi connectivity index (χ4v) is 6.47. The lowest BCUT2D eigenvalue weighted by molar-refractivity contribution is 0.404. The molecular weight excluding hydrogens is 432 g/mol. The third-order valence-corrected chi connectivity index (χ3v) is 8.83. The van der Waals surface area contributed by atoms with Crippen LogP contribution in [-0.4, -0.2) is 0 Å². The standard InChI is InChI=1S/2C18H28/c2*1-2-3-4-5-6-7-10-16-13-14-17-11-8-9-12-18(17)15-16/h2*8-9,11-12,16H,2-7,10,13-15H2,1H3. The summed E-state index contributed by atoms with van der Waals surface area (Å²) in [6.45, 7) is 4.58. The predicted octanol–water partition coefficient (Wildman–Crippen LogP) is 11.1. The Morgan fingerprint density at radius 1 is 0.472 bits per heavy atom. The summed E-state index contributed by atoms with van der Waals surface area (Å²) in [6, 6.07) is 18.1. The molecule has 0 bridgehead atoms. The van der Waals surface area contributed by atoms with Gasteiger partial charge in [-0.25, -0.2) is 0 Å². The Morgan fingerprint density at radius 3 is 1.25 bits per heavy atom. The number of benzene rings is 2. The number of hydrogen-bond acceptors (Lipinski definition) is 0. The van der Waals surface area contributed by atoms with Crippen molar-refractivity contribution in [3.05, 3.63) is 70.8 Å². The highest BCUT2D eigenvalue weighted by Crippen LogP contribution is 2.30. The quantitative estimate of drug-likeness (QED) is 0.232. The number of fused-ring (bicyclic) bond motifs is 2. The van der Waals surface area contributed by atoms with E-state index in [0.29, 0.717) is 0 Å². The molecule has 2 aromatic carbocycles. The summed E-state index contributed by atoms with van der Waals surface area (Å²) in [5.41, 5.74) is 6.47. The first-order valence-corrected chi connectivity index (χ1v) is 15.9. The lowest BCUT2D eigenvalue weighted by atomic mass is 9.81.